The monoisotopic (exact) mass is 378 g/mol. The largest absolute Gasteiger partial charge is 0.379 e. The quantitative estimate of drug-likeness (QED) is 0.567. The number of aromatic amines is 2. The van der Waals surface area contributed by atoms with Crippen LogP contribution in [0.3, 0.4) is 0 Å². The zero-order valence-electron chi connectivity index (χ0n) is 15.7. The van der Waals surface area contributed by atoms with Gasteiger partial charge in [-0.25, -0.2) is 14.8 Å². The molecule has 1 aliphatic heterocycles. The Morgan fingerprint density at radius 3 is 2.86 bits per heavy atom. The predicted molar refractivity (Wildman–Crippen MR) is 107 cm³/mol. The Kier molecular flexibility index (Phi) is 4.22. The number of nitrogens with zero attached hydrogens (tertiary/aromatic N) is 4. The summed E-state index contributed by atoms with van der Waals surface area (Å²) in [4.78, 5) is 29.7. The Bertz CT molecular complexity index is 1190. The number of aromatic nitrogens is 5. The van der Waals surface area contributed by atoms with Crippen LogP contribution in [0.2, 0.25) is 0 Å². The minimum absolute atomic E-state index is 0.125. The summed E-state index contributed by atoms with van der Waals surface area (Å²) in [5, 5.41) is 1.05. The molecule has 0 spiro atoms. The van der Waals surface area contributed by atoms with Crippen LogP contribution in [-0.4, -0.2) is 61.7 Å². The van der Waals surface area contributed by atoms with Crippen LogP contribution in [0, 0.1) is 0 Å². The van der Waals surface area contributed by atoms with E-state index in [0.717, 1.165) is 54.0 Å². The highest BCUT2D eigenvalue weighted by Gasteiger charge is 2.19. The van der Waals surface area contributed by atoms with E-state index < -0.39 is 0 Å². The van der Waals surface area contributed by atoms with E-state index in [1.54, 1.807) is 10.8 Å². The Hall–Kier alpha value is -2.97. The lowest BCUT2D eigenvalue weighted by Gasteiger charge is -2.33. The number of imidazole rings is 1. The van der Waals surface area contributed by atoms with Crippen LogP contribution in [-0.2, 0) is 11.3 Å². The van der Waals surface area contributed by atoms with Crippen LogP contribution in [0.15, 0.2) is 41.6 Å². The Morgan fingerprint density at radius 1 is 1.18 bits per heavy atom. The highest BCUT2D eigenvalue weighted by atomic mass is 16.5. The fourth-order valence-corrected chi connectivity index (χ4v) is 3.83. The van der Waals surface area contributed by atoms with Crippen LogP contribution in [0.25, 0.3) is 33.3 Å². The van der Waals surface area contributed by atoms with Gasteiger partial charge in [0.05, 0.1) is 18.7 Å². The molecule has 8 nitrogen and oxygen atoms in total. The van der Waals surface area contributed by atoms with E-state index in [4.69, 9.17) is 4.74 Å². The number of morpholine rings is 1. The van der Waals surface area contributed by atoms with E-state index in [0.29, 0.717) is 18.2 Å². The molecule has 1 saturated heterocycles. The maximum absolute atomic E-state index is 12.5. The van der Waals surface area contributed by atoms with Gasteiger partial charge in [-0.05, 0) is 25.1 Å². The highest BCUT2D eigenvalue weighted by molar-refractivity contribution is 5.84. The van der Waals surface area contributed by atoms with Gasteiger partial charge in [0.25, 0.3) is 0 Å². The number of H-pyrrole nitrogens is 2. The third-order valence-electron chi connectivity index (χ3n) is 5.48. The van der Waals surface area contributed by atoms with Gasteiger partial charge in [0.2, 0.25) is 0 Å². The van der Waals surface area contributed by atoms with Gasteiger partial charge in [-0.15, -0.1) is 0 Å². The lowest BCUT2D eigenvalue weighted by molar-refractivity contribution is -0.00161. The van der Waals surface area contributed by atoms with Gasteiger partial charge in [-0.3, -0.25) is 14.5 Å². The average molecular weight is 378 g/mol. The average Bonchev–Trinajstić information content (AvgIpc) is 3.30. The third kappa shape index (κ3) is 3.00. The second kappa shape index (κ2) is 6.88. The first-order chi connectivity index (χ1) is 13.7. The normalized spacial score (nSPS) is 18.2. The summed E-state index contributed by atoms with van der Waals surface area (Å²) in [5.74, 6) is 0. The third-order valence-corrected chi connectivity index (χ3v) is 5.48. The molecule has 0 unspecified atom stereocenters. The molecule has 0 aliphatic carbocycles. The van der Waals surface area contributed by atoms with Gasteiger partial charge in [-0.1, -0.05) is 0 Å². The molecule has 4 aromatic rings. The van der Waals surface area contributed by atoms with Crippen molar-refractivity contribution in [3.8, 4) is 11.1 Å². The lowest BCUT2D eigenvalue weighted by atomic mass is 10.1. The zero-order chi connectivity index (χ0) is 19.1. The molecule has 0 saturated carbocycles. The van der Waals surface area contributed by atoms with E-state index in [-0.39, 0.29) is 5.69 Å². The molecule has 2 N–H and O–H groups in total. The van der Waals surface area contributed by atoms with E-state index >= 15 is 0 Å². The number of pyridine rings is 2. The minimum Gasteiger partial charge on any atom is -0.379 e. The molecular weight excluding hydrogens is 356 g/mol. The molecule has 0 aromatic carbocycles. The van der Waals surface area contributed by atoms with Crippen molar-refractivity contribution in [1.82, 2.24) is 29.4 Å². The number of ether oxygens (including phenoxy) is 1. The second-order valence-corrected chi connectivity index (χ2v) is 7.27. The molecule has 144 valence electrons. The van der Waals surface area contributed by atoms with Crippen LogP contribution >= 0.6 is 0 Å². The van der Waals surface area contributed by atoms with Gasteiger partial charge in [0.1, 0.15) is 5.65 Å². The second-order valence-electron chi connectivity index (χ2n) is 7.27. The zero-order valence-corrected chi connectivity index (χ0v) is 15.7. The summed E-state index contributed by atoms with van der Waals surface area (Å²) >= 11 is 0. The van der Waals surface area contributed by atoms with E-state index in [2.05, 4.69) is 37.8 Å². The fourth-order valence-electron chi connectivity index (χ4n) is 3.83. The first kappa shape index (κ1) is 17.2. The van der Waals surface area contributed by atoms with Gasteiger partial charge >= 0.3 is 5.69 Å². The summed E-state index contributed by atoms with van der Waals surface area (Å²) < 4.78 is 7.27. The summed E-state index contributed by atoms with van der Waals surface area (Å²) in [7, 11) is 0. The molecule has 1 aliphatic rings. The Labute approximate surface area is 161 Å². The van der Waals surface area contributed by atoms with Gasteiger partial charge < -0.3 is 9.72 Å². The summed E-state index contributed by atoms with van der Waals surface area (Å²) in [6.07, 6.45) is 5.48. The van der Waals surface area contributed by atoms with Gasteiger partial charge in [-0.2, -0.15) is 0 Å². The molecule has 1 fully saturated rings. The van der Waals surface area contributed by atoms with E-state index in [1.165, 1.54) is 0 Å². The van der Waals surface area contributed by atoms with Crippen molar-refractivity contribution in [2.45, 2.75) is 19.5 Å². The molecule has 0 bridgehead atoms. The van der Waals surface area contributed by atoms with Crippen LogP contribution in [0.1, 0.15) is 6.92 Å². The van der Waals surface area contributed by atoms with Crippen LogP contribution in [0.4, 0.5) is 0 Å². The molecule has 1 atom stereocenters. The Morgan fingerprint density at radius 2 is 2.00 bits per heavy atom. The van der Waals surface area contributed by atoms with Gasteiger partial charge in [0.15, 0.2) is 5.65 Å². The SMILES string of the molecule is C[C@H]1COCCN1CCn1c(=O)[nH]c2ncc(-c3cnc4[nH]ccc4c3)cc21. The Balaban J connectivity index is 1.48. The van der Waals surface area contributed by atoms with Crippen molar-refractivity contribution in [2.24, 2.45) is 0 Å². The maximum Gasteiger partial charge on any atom is 0.327 e. The lowest BCUT2D eigenvalue weighted by Crippen LogP contribution is -2.45. The standard InChI is InChI=1S/C20H22N6O2/c1-13-12-28-7-6-25(13)4-5-26-17-9-16(11-23-19(17)24-20(26)27)15-8-14-2-3-21-18(14)22-10-15/h2-3,8-11,13H,4-7,12H2,1H3,(H,21,22)(H,23,24,27)/t13-/m0/s1. The fraction of sp³-hybridized carbons (Fsp3) is 0.350. The molecular formula is C20H22N6O2. The number of rotatable bonds is 4. The van der Waals surface area contributed by atoms with E-state index in [1.807, 2.05) is 24.5 Å². The molecule has 0 amide bonds. The predicted octanol–water partition coefficient (Wildman–Crippen LogP) is 1.99. The van der Waals surface area contributed by atoms with Gasteiger partial charge in [0, 0.05) is 60.8 Å². The molecule has 5 rings (SSSR count). The van der Waals surface area contributed by atoms with Crippen molar-refractivity contribution < 1.29 is 4.74 Å². The molecule has 4 aromatic heterocycles. The van der Waals surface area contributed by atoms with Crippen molar-refractivity contribution >= 4 is 22.2 Å². The molecule has 8 heteroatoms. The van der Waals surface area contributed by atoms with Crippen molar-refractivity contribution in [3.05, 3.63) is 47.3 Å². The smallest absolute Gasteiger partial charge is 0.327 e. The number of hydrogen-bond acceptors (Lipinski definition) is 5. The van der Waals surface area contributed by atoms with Crippen molar-refractivity contribution in [1.29, 1.82) is 0 Å². The van der Waals surface area contributed by atoms with Crippen LogP contribution in [0.5, 0.6) is 0 Å². The number of nitrogens with one attached hydrogen (secondary N) is 2. The maximum atomic E-state index is 12.5. The number of hydrogen-bond donors (Lipinski definition) is 2. The summed E-state index contributed by atoms with van der Waals surface area (Å²) in [5.41, 5.74) is 4.08. The van der Waals surface area contributed by atoms with E-state index in [9.17, 15) is 4.79 Å². The van der Waals surface area contributed by atoms with Crippen LogP contribution < -0.4 is 5.69 Å². The first-order valence-corrected chi connectivity index (χ1v) is 9.53. The molecule has 0 radical (unpaired) electrons. The summed E-state index contributed by atoms with van der Waals surface area (Å²) in [6, 6.07) is 6.44. The van der Waals surface area contributed by atoms with Crippen molar-refractivity contribution in [2.75, 3.05) is 26.3 Å². The number of fused-ring (bicyclic) bond motifs is 2. The molecule has 5 heterocycles. The molecule has 28 heavy (non-hydrogen) atoms. The minimum atomic E-state index is -0.125. The first-order valence-electron chi connectivity index (χ1n) is 9.53. The summed E-state index contributed by atoms with van der Waals surface area (Å²) in [6.45, 7) is 5.95. The topological polar surface area (TPSA) is 91.8 Å². The highest BCUT2D eigenvalue weighted by Crippen LogP contribution is 2.24. The van der Waals surface area contributed by atoms with Crippen molar-refractivity contribution in [3.63, 3.8) is 0 Å².